The number of hydrogen-bond acceptors (Lipinski definition) is 4. The van der Waals surface area contributed by atoms with Gasteiger partial charge in [-0.15, -0.1) is 0 Å². The Kier molecular flexibility index (Phi) is 6.46. The van der Waals surface area contributed by atoms with Gasteiger partial charge in [-0.1, -0.05) is 26.2 Å². The van der Waals surface area contributed by atoms with Crippen LogP contribution in [0.1, 0.15) is 65.2 Å². The third-order valence-corrected chi connectivity index (χ3v) is 5.65. The first-order valence-electron chi connectivity index (χ1n) is 10.2. The van der Waals surface area contributed by atoms with Crippen molar-refractivity contribution in [1.29, 1.82) is 0 Å². The summed E-state index contributed by atoms with van der Waals surface area (Å²) in [6.07, 6.45) is 11.6. The van der Waals surface area contributed by atoms with E-state index < -0.39 is 0 Å². The van der Waals surface area contributed by atoms with Gasteiger partial charge in [-0.05, 0) is 44.9 Å². The number of rotatable bonds is 4. The van der Waals surface area contributed by atoms with Crippen LogP contribution in [0.25, 0.3) is 0 Å². The highest BCUT2D eigenvalue weighted by Gasteiger charge is 2.28. The SMILES string of the molecule is CC(N)=NC(=O)C1=C(N2CCC(NC3CCCCC3)CC2)N=CC(C)C1. The van der Waals surface area contributed by atoms with Gasteiger partial charge >= 0.3 is 0 Å². The Labute approximate surface area is 157 Å². The number of nitrogens with two attached hydrogens (primary N) is 1. The number of nitrogens with one attached hydrogen (secondary N) is 1. The summed E-state index contributed by atoms with van der Waals surface area (Å²) in [5.74, 6) is 1.15. The van der Waals surface area contributed by atoms with Gasteiger partial charge in [0, 0.05) is 31.4 Å². The van der Waals surface area contributed by atoms with Gasteiger partial charge in [-0.2, -0.15) is 4.99 Å². The predicted octanol–water partition coefficient (Wildman–Crippen LogP) is 2.60. The van der Waals surface area contributed by atoms with Crippen molar-refractivity contribution in [3.8, 4) is 0 Å². The molecule has 144 valence electrons. The lowest BCUT2D eigenvalue weighted by molar-refractivity contribution is -0.114. The fourth-order valence-corrected chi connectivity index (χ4v) is 4.29. The average Bonchev–Trinajstić information content (AvgIpc) is 2.63. The van der Waals surface area contributed by atoms with E-state index in [1.54, 1.807) is 6.92 Å². The van der Waals surface area contributed by atoms with Crippen LogP contribution in [0.5, 0.6) is 0 Å². The molecule has 0 aromatic heterocycles. The molecule has 3 N–H and O–H groups in total. The van der Waals surface area contributed by atoms with Gasteiger partial charge in [0.1, 0.15) is 11.7 Å². The highest BCUT2D eigenvalue weighted by Crippen LogP contribution is 2.28. The molecule has 2 heterocycles. The molecule has 1 saturated carbocycles. The monoisotopic (exact) mass is 359 g/mol. The Balaban J connectivity index is 1.63. The second-order valence-corrected chi connectivity index (χ2v) is 8.08. The zero-order valence-corrected chi connectivity index (χ0v) is 16.2. The van der Waals surface area contributed by atoms with Gasteiger partial charge in [0.05, 0.1) is 5.57 Å². The van der Waals surface area contributed by atoms with Crippen molar-refractivity contribution in [2.75, 3.05) is 13.1 Å². The summed E-state index contributed by atoms with van der Waals surface area (Å²) in [5, 5.41) is 3.86. The Morgan fingerprint density at radius 3 is 2.50 bits per heavy atom. The molecule has 0 aromatic rings. The van der Waals surface area contributed by atoms with Gasteiger partial charge in [0.2, 0.25) is 0 Å². The lowest BCUT2D eigenvalue weighted by Crippen LogP contribution is -2.46. The van der Waals surface area contributed by atoms with E-state index in [0.29, 0.717) is 29.9 Å². The minimum atomic E-state index is -0.230. The summed E-state index contributed by atoms with van der Waals surface area (Å²) in [4.78, 5) is 23.3. The summed E-state index contributed by atoms with van der Waals surface area (Å²) in [7, 11) is 0. The van der Waals surface area contributed by atoms with E-state index in [4.69, 9.17) is 5.73 Å². The first-order valence-corrected chi connectivity index (χ1v) is 10.2. The Bertz CT molecular complexity index is 591. The van der Waals surface area contributed by atoms with Crippen LogP contribution in [-0.4, -0.2) is 48.0 Å². The molecule has 3 rings (SSSR count). The van der Waals surface area contributed by atoms with E-state index >= 15 is 0 Å². The van der Waals surface area contributed by atoms with Gasteiger partial charge in [0.25, 0.3) is 5.91 Å². The number of likely N-dealkylation sites (tertiary alicyclic amines) is 1. The minimum Gasteiger partial charge on any atom is -0.387 e. The highest BCUT2D eigenvalue weighted by atomic mass is 16.1. The summed E-state index contributed by atoms with van der Waals surface area (Å²) in [6.45, 7) is 5.60. The van der Waals surface area contributed by atoms with Crippen molar-refractivity contribution in [2.45, 2.75) is 77.3 Å². The van der Waals surface area contributed by atoms with Gasteiger partial charge in [0.15, 0.2) is 0 Å². The number of hydrogen-bond donors (Lipinski definition) is 2. The van der Waals surface area contributed by atoms with Crippen LogP contribution in [-0.2, 0) is 4.79 Å². The molecule has 3 aliphatic rings. The van der Waals surface area contributed by atoms with Crippen molar-refractivity contribution < 1.29 is 4.79 Å². The second kappa shape index (κ2) is 8.80. The van der Waals surface area contributed by atoms with Gasteiger partial charge in [-0.25, -0.2) is 4.99 Å². The summed E-state index contributed by atoms with van der Waals surface area (Å²) >= 11 is 0. The molecule has 0 aromatic carbocycles. The first kappa shape index (κ1) is 19.1. The predicted molar refractivity (Wildman–Crippen MR) is 106 cm³/mol. The number of piperidine rings is 1. The van der Waals surface area contributed by atoms with E-state index in [0.717, 1.165) is 31.8 Å². The smallest absolute Gasteiger partial charge is 0.278 e. The first-order chi connectivity index (χ1) is 12.5. The van der Waals surface area contributed by atoms with E-state index in [2.05, 4.69) is 27.1 Å². The van der Waals surface area contributed by atoms with Crippen LogP contribution in [0.15, 0.2) is 21.4 Å². The molecule has 1 unspecified atom stereocenters. The fourth-order valence-electron chi connectivity index (χ4n) is 4.29. The van der Waals surface area contributed by atoms with Crippen LogP contribution >= 0.6 is 0 Å². The molecule has 1 atom stereocenters. The van der Waals surface area contributed by atoms with Crippen LogP contribution < -0.4 is 11.1 Å². The number of aliphatic imine (C=N–C) groups is 2. The Morgan fingerprint density at radius 2 is 1.85 bits per heavy atom. The zero-order valence-electron chi connectivity index (χ0n) is 16.2. The maximum absolute atomic E-state index is 12.5. The average molecular weight is 360 g/mol. The molecule has 0 bridgehead atoms. The largest absolute Gasteiger partial charge is 0.387 e. The molecule has 6 nitrogen and oxygen atoms in total. The minimum absolute atomic E-state index is 0.230. The zero-order chi connectivity index (χ0) is 18.5. The molecule has 0 radical (unpaired) electrons. The molecule has 1 saturated heterocycles. The number of carbonyl (C=O) groups excluding carboxylic acids is 1. The molecule has 2 fully saturated rings. The van der Waals surface area contributed by atoms with E-state index in [9.17, 15) is 4.79 Å². The standard InChI is InChI=1S/C20H33N5O/c1-14-12-18(20(26)23-15(2)21)19(22-13-14)25-10-8-17(9-11-25)24-16-6-4-3-5-7-16/h13-14,16-17,24H,3-12H2,1-2H3,(H2,21,23,26). The topological polar surface area (TPSA) is 83.1 Å². The number of carbonyl (C=O) groups is 1. The van der Waals surface area contributed by atoms with Gasteiger partial charge in [-0.3, -0.25) is 4.79 Å². The Hall–Kier alpha value is -1.69. The maximum Gasteiger partial charge on any atom is 0.278 e. The normalized spacial score (nSPS) is 26.5. The highest BCUT2D eigenvalue weighted by molar-refractivity contribution is 6.02. The van der Waals surface area contributed by atoms with E-state index in [-0.39, 0.29) is 11.8 Å². The lowest BCUT2D eigenvalue weighted by atomic mass is 9.93. The molecule has 1 amide bonds. The van der Waals surface area contributed by atoms with Crippen LogP contribution in [0.3, 0.4) is 0 Å². The molecular formula is C20H33N5O. The molecular weight excluding hydrogens is 326 g/mol. The molecule has 2 aliphatic heterocycles. The number of amides is 1. The lowest BCUT2D eigenvalue weighted by Gasteiger charge is -2.37. The quantitative estimate of drug-likeness (QED) is 0.597. The number of nitrogens with zero attached hydrogens (tertiary/aromatic N) is 3. The fraction of sp³-hybridized carbons (Fsp3) is 0.750. The summed E-state index contributed by atoms with van der Waals surface area (Å²) < 4.78 is 0. The second-order valence-electron chi connectivity index (χ2n) is 8.08. The maximum atomic E-state index is 12.5. The summed E-state index contributed by atoms with van der Waals surface area (Å²) in [5.41, 5.74) is 6.32. The molecule has 26 heavy (non-hydrogen) atoms. The van der Waals surface area contributed by atoms with Crippen LogP contribution in [0.2, 0.25) is 0 Å². The third-order valence-electron chi connectivity index (χ3n) is 5.65. The molecule has 0 spiro atoms. The van der Waals surface area contributed by atoms with Crippen LogP contribution in [0, 0.1) is 5.92 Å². The van der Waals surface area contributed by atoms with Gasteiger partial charge < -0.3 is 16.0 Å². The summed E-state index contributed by atoms with van der Waals surface area (Å²) in [6, 6.07) is 1.29. The van der Waals surface area contributed by atoms with Crippen molar-refractivity contribution in [2.24, 2.45) is 21.6 Å². The van der Waals surface area contributed by atoms with E-state index in [1.807, 2.05) is 6.21 Å². The Morgan fingerprint density at radius 1 is 1.19 bits per heavy atom. The molecule has 6 heteroatoms. The number of amidine groups is 1. The van der Waals surface area contributed by atoms with E-state index in [1.165, 1.54) is 32.1 Å². The molecule has 1 aliphatic carbocycles. The van der Waals surface area contributed by atoms with Crippen LogP contribution in [0.4, 0.5) is 0 Å². The van der Waals surface area contributed by atoms with Crippen molar-refractivity contribution in [1.82, 2.24) is 10.2 Å². The van der Waals surface area contributed by atoms with Crippen molar-refractivity contribution in [3.05, 3.63) is 11.4 Å². The van der Waals surface area contributed by atoms with Crippen molar-refractivity contribution in [3.63, 3.8) is 0 Å². The van der Waals surface area contributed by atoms with Crippen molar-refractivity contribution >= 4 is 18.0 Å². The third kappa shape index (κ3) is 4.93.